The molecule has 0 fully saturated rings. The van der Waals surface area contributed by atoms with Crippen molar-refractivity contribution in [3.63, 3.8) is 0 Å². The Bertz CT molecular complexity index is 989. The number of nitrogens with one attached hydrogen (secondary N) is 2. The maximum atomic E-state index is 12.5. The topological polar surface area (TPSA) is 124 Å². The van der Waals surface area contributed by atoms with Crippen LogP contribution < -0.4 is 10.3 Å². The minimum Gasteiger partial charge on any atom is -0.465 e. The molecule has 0 saturated carbocycles. The van der Waals surface area contributed by atoms with Crippen molar-refractivity contribution in [2.45, 2.75) is 11.1 Å². The summed E-state index contributed by atoms with van der Waals surface area (Å²) in [5.41, 5.74) is 0.658. The van der Waals surface area contributed by atoms with Gasteiger partial charge < -0.3 is 9.47 Å². The molecule has 0 aliphatic rings. The third-order valence-electron chi connectivity index (χ3n) is 3.46. The number of rotatable bonds is 6. The molecule has 0 saturated heterocycles. The van der Waals surface area contributed by atoms with Gasteiger partial charge in [-0.3, -0.25) is 5.43 Å². The predicted molar refractivity (Wildman–Crippen MR) is 92.3 cm³/mol. The molecule has 2 rings (SSSR count). The molecule has 1 aromatic carbocycles. The Hall–Kier alpha value is -3.19. The molecule has 1 heterocycles. The van der Waals surface area contributed by atoms with Gasteiger partial charge in [0.2, 0.25) is 0 Å². The molecule has 0 atom stereocenters. The van der Waals surface area contributed by atoms with Crippen molar-refractivity contribution >= 4 is 27.8 Å². The zero-order chi connectivity index (χ0) is 21.8. The number of aromatic nitrogens is 1. The van der Waals surface area contributed by atoms with E-state index in [0.717, 1.165) is 38.5 Å². The van der Waals surface area contributed by atoms with E-state index < -0.39 is 38.6 Å². The van der Waals surface area contributed by atoms with E-state index in [1.54, 1.807) is 0 Å². The van der Waals surface area contributed by atoms with Gasteiger partial charge in [-0.25, -0.2) is 23.0 Å². The number of hydrogen-bond donors (Lipinski definition) is 2. The van der Waals surface area contributed by atoms with Crippen LogP contribution in [-0.2, 0) is 25.7 Å². The van der Waals surface area contributed by atoms with Gasteiger partial charge in [0.25, 0.3) is 10.0 Å². The number of hydrogen-bond acceptors (Lipinski definition) is 8. The van der Waals surface area contributed by atoms with Gasteiger partial charge in [0.1, 0.15) is 5.82 Å². The van der Waals surface area contributed by atoms with Crippen LogP contribution in [0.2, 0.25) is 0 Å². The Balaban J connectivity index is 2.30. The number of nitrogens with zero attached hydrogens (tertiary/aromatic N) is 1. The van der Waals surface area contributed by atoms with Gasteiger partial charge in [-0.2, -0.15) is 13.2 Å². The molecule has 0 amide bonds. The molecular weight excluding hydrogens is 419 g/mol. The fraction of sp³-hybridized carbons (Fsp3) is 0.188. The van der Waals surface area contributed by atoms with E-state index in [9.17, 15) is 31.2 Å². The standard InChI is InChI=1S/C16H14F3N3O6S/c1-27-14(23)9-5-10(15(24)28-2)7-12(6-9)29(25,26)22-21-13-4-3-11(8-20-13)16(17,18)19/h3-8,22H,1-2H3,(H,20,21). The van der Waals surface area contributed by atoms with Crippen molar-refractivity contribution in [3.8, 4) is 0 Å². The van der Waals surface area contributed by atoms with Crippen molar-refractivity contribution in [1.82, 2.24) is 9.82 Å². The van der Waals surface area contributed by atoms with Gasteiger partial charge in [-0.15, -0.1) is 4.83 Å². The lowest BCUT2D eigenvalue weighted by Crippen LogP contribution is -2.30. The number of pyridine rings is 1. The van der Waals surface area contributed by atoms with Gasteiger partial charge in [-0.05, 0) is 30.3 Å². The van der Waals surface area contributed by atoms with E-state index in [0.29, 0.717) is 12.3 Å². The number of esters is 2. The zero-order valence-corrected chi connectivity index (χ0v) is 15.7. The van der Waals surface area contributed by atoms with Gasteiger partial charge in [0.05, 0.1) is 35.8 Å². The number of ether oxygens (including phenoxy) is 2. The summed E-state index contributed by atoms with van der Waals surface area (Å²) in [6.07, 6.45) is -4.08. The smallest absolute Gasteiger partial charge is 0.417 e. The highest BCUT2D eigenvalue weighted by atomic mass is 32.2. The molecule has 0 aliphatic carbocycles. The third kappa shape index (κ3) is 5.42. The van der Waals surface area contributed by atoms with Crippen molar-refractivity contribution in [3.05, 3.63) is 53.2 Å². The molecule has 13 heteroatoms. The van der Waals surface area contributed by atoms with Gasteiger partial charge in [0, 0.05) is 6.20 Å². The highest BCUT2D eigenvalue weighted by Crippen LogP contribution is 2.28. The number of carbonyl (C=O) groups is 2. The Morgan fingerprint density at radius 1 is 1.00 bits per heavy atom. The van der Waals surface area contributed by atoms with Crippen LogP contribution in [0, 0.1) is 0 Å². The summed E-state index contributed by atoms with van der Waals surface area (Å²) in [7, 11) is -2.23. The summed E-state index contributed by atoms with van der Waals surface area (Å²) in [6, 6.07) is 4.60. The molecule has 2 aromatic rings. The Kier molecular flexibility index (Phi) is 6.44. The van der Waals surface area contributed by atoms with Gasteiger partial charge in [-0.1, -0.05) is 0 Å². The largest absolute Gasteiger partial charge is 0.465 e. The molecule has 0 aliphatic heterocycles. The van der Waals surface area contributed by atoms with Crippen LogP contribution in [0.5, 0.6) is 0 Å². The van der Waals surface area contributed by atoms with E-state index in [1.165, 1.54) is 0 Å². The van der Waals surface area contributed by atoms with E-state index >= 15 is 0 Å². The van der Waals surface area contributed by atoms with Gasteiger partial charge in [0.15, 0.2) is 0 Å². The first-order valence-corrected chi connectivity index (χ1v) is 9.09. The fourth-order valence-electron chi connectivity index (χ4n) is 2.04. The second-order valence-corrected chi connectivity index (χ2v) is 7.07. The predicted octanol–water partition coefficient (Wildman–Crippen LogP) is 1.98. The molecule has 9 nitrogen and oxygen atoms in total. The van der Waals surface area contributed by atoms with Crippen LogP contribution in [-0.4, -0.2) is 39.6 Å². The number of sulfonamides is 1. The summed E-state index contributed by atoms with van der Waals surface area (Å²) in [5, 5.41) is 0. The summed E-state index contributed by atoms with van der Waals surface area (Å²) in [6.45, 7) is 0. The second-order valence-electron chi connectivity index (χ2n) is 5.39. The number of halogens is 3. The lowest BCUT2D eigenvalue weighted by molar-refractivity contribution is -0.137. The third-order valence-corrected chi connectivity index (χ3v) is 4.69. The molecule has 0 radical (unpaired) electrons. The summed E-state index contributed by atoms with van der Waals surface area (Å²) < 4.78 is 71.6. The van der Waals surface area contributed by atoms with Crippen molar-refractivity contribution < 1.29 is 40.7 Å². The number of hydrazine groups is 1. The normalized spacial score (nSPS) is 11.6. The monoisotopic (exact) mass is 433 g/mol. The van der Waals surface area contributed by atoms with Crippen LogP contribution in [0.4, 0.5) is 19.0 Å². The number of alkyl halides is 3. The Labute approximate surface area is 162 Å². The van der Waals surface area contributed by atoms with Crippen LogP contribution >= 0.6 is 0 Å². The van der Waals surface area contributed by atoms with Crippen molar-refractivity contribution in [1.29, 1.82) is 0 Å². The average Bonchev–Trinajstić information content (AvgIpc) is 2.70. The van der Waals surface area contributed by atoms with E-state index in [1.807, 2.05) is 4.83 Å². The molecule has 29 heavy (non-hydrogen) atoms. The minimum absolute atomic E-state index is 0.223. The first kappa shape index (κ1) is 22.1. The minimum atomic E-state index is -4.59. The first-order chi connectivity index (χ1) is 13.5. The average molecular weight is 433 g/mol. The Morgan fingerprint density at radius 2 is 1.55 bits per heavy atom. The highest BCUT2D eigenvalue weighted by Gasteiger charge is 2.30. The van der Waals surface area contributed by atoms with E-state index in [4.69, 9.17) is 0 Å². The summed E-state index contributed by atoms with van der Waals surface area (Å²) >= 11 is 0. The molecule has 0 spiro atoms. The second kappa shape index (κ2) is 8.45. The zero-order valence-electron chi connectivity index (χ0n) is 14.9. The SMILES string of the molecule is COC(=O)c1cc(C(=O)OC)cc(S(=O)(=O)NNc2ccc(C(F)(F)F)cn2)c1. The lowest BCUT2D eigenvalue weighted by Gasteiger charge is -2.12. The Morgan fingerprint density at radius 3 is 1.97 bits per heavy atom. The van der Waals surface area contributed by atoms with Crippen LogP contribution in [0.3, 0.4) is 0 Å². The van der Waals surface area contributed by atoms with Crippen molar-refractivity contribution in [2.75, 3.05) is 19.6 Å². The lowest BCUT2D eigenvalue weighted by atomic mass is 10.1. The fourth-order valence-corrected chi connectivity index (χ4v) is 2.96. The first-order valence-electron chi connectivity index (χ1n) is 7.60. The molecule has 2 N–H and O–H groups in total. The van der Waals surface area contributed by atoms with Crippen LogP contribution in [0.1, 0.15) is 26.3 Å². The number of carbonyl (C=O) groups excluding carboxylic acids is 2. The van der Waals surface area contributed by atoms with E-state index in [-0.39, 0.29) is 16.9 Å². The summed E-state index contributed by atoms with van der Waals surface area (Å²) in [4.78, 5) is 28.3. The maximum absolute atomic E-state index is 12.5. The molecule has 156 valence electrons. The number of methoxy groups -OCH3 is 2. The summed E-state index contributed by atoms with van der Waals surface area (Å²) in [5.74, 6) is -2.02. The molecule has 0 unspecified atom stereocenters. The van der Waals surface area contributed by atoms with Crippen molar-refractivity contribution in [2.24, 2.45) is 0 Å². The van der Waals surface area contributed by atoms with Crippen LogP contribution in [0.25, 0.3) is 0 Å². The molecule has 0 bridgehead atoms. The van der Waals surface area contributed by atoms with Crippen LogP contribution in [0.15, 0.2) is 41.4 Å². The van der Waals surface area contributed by atoms with Gasteiger partial charge >= 0.3 is 18.1 Å². The highest BCUT2D eigenvalue weighted by molar-refractivity contribution is 7.89. The maximum Gasteiger partial charge on any atom is 0.417 e. The molecule has 1 aromatic heterocycles. The number of benzene rings is 1. The quantitative estimate of drug-likeness (QED) is 0.524. The van der Waals surface area contributed by atoms with E-state index in [2.05, 4.69) is 19.9 Å². The molecular formula is C16H14F3N3O6S. The number of anilines is 1.